The third-order valence-electron chi connectivity index (χ3n) is 3.22. The van der Waals surface area contributed by atoms with Crippen LogP contribution in [0.5, 0.6) is 0 Å². The second-order valence-corrected chi connectivity index (χ2v) is 6.07. The van der Waals surface area contributed by atoms with Crippen molar-refractivity contribution in [1.29, 1.82) is 0 Å². The van der Waals surface area contributed by atoms with Crippen LogP contribution in [0.25, 0.3) is 0 Å². The van der Waals surface area contributed by atoms with E-state index in [4.69, 9.17) is 11.6 Å². The van der Waals surface area contributed by atoms with Crippen LogP contribution >= 0.6 is 23.4 Å². The van der Waals surface area contributed by atoms with Gasteiger partial charge in [0.1, 0.15) is 5.82 Å². The molecular formula is C15H13ClFNS. The highest BCUT2D eigenvalue weighted by molar-refractivity contribution is 7.99. The molecule has 3 rings (SSSR count). The SMILES string of the molecule is Fc1cc(Cl)ccc1NC1CCSc2ccccc21. The minimum Gasteiger partial charge on any atom is -0.376 e. The second-order valence-electron chi connectivity index (χ2n) is 4.50. The molecular weight excluding hydrogens is 281 g/mol. The molecule has 19 heavy (non-hydrogen) atoms. The molecule has 2 aromatic rings. The third-order valence-corrected chi connectivity index (χ3v) is 4.58. The Morgan fingerprint density at radius 1 is 1.21 bits per heavy atom. The summed E-state index contributed by atoms with van der Waals surface area (Å²) in [5, 5.41) is 3.70. The second kappa shape index (κ2) is 5.43. The van der Waals surface area contributed by atoms with Crippen molar-refractivity contribution in [2.75, 3.05) is 11.1 Å². The van der Waals surface area contributed by atoms with Gasteiger partial charge in [0.2, 0.25) is 0 Å². The maximum absolute atomic E-state index is 13.8. The van der Waals surface area contributed by atoms with E-state index in [9.17, 15) is 4.39 Å². The minimum absolute atomic E-state index is 0.160. The number of anilines is 1. The molecule has 0 bridgehead atoms. The zero-order valence-corrected chi connectivity index (χ0v) is 11.8. The van der Waals surface area contributed by atoms with Crippen LogP contribution in [0.2, 0.25) is 5.02 Å². The molecule has 0 aromatic heterocycles. The van der Waals surface area contributed by atoms with Crippen LogP contribution in [0.1, 0.15) is 18.0 Å². The highest BCUT2D eigenvalue weighted by Crippen LogP contribution is 2.38. The van der Waals surface area contributed by atoms with Crippen LogP contribution < -0.4 is 5.32 Å². The molecule has 1 nitrogen and oxygen atoms in total. The first-order chi connectivity index (χ1) is 9.24. The van der Waals surface area contributed by atoms with Gasteiger partial charge in [0.05, 0.1) is 11.7 Å². The molecule has 0 amide bonds. The first kappa shape index (κ1) is 12.8. The van der Waals surface area contributed by atoms with E-state index >= 15 is 0 Å². The lowest BCUT2D eigenvalue weighted by Gasteiger charge is -2.27. The number of hydrogen-bond acceptors (Lipinski definition) is 2. The number of thioether (sulfide) groups is 1. The summed E-state index contributed by atoms with van der Waals surface area (Å²) in [6, 6.07) is 13.2. The molecule has 4 heteroatoms. The molecule has 1 heterocycles. The molecule has 1 aliphatic heterocycles. The Morgan fingerprint density at radius 3 is 2.89 bits per heavy atom. The van der Waals surface area contributed by atoms with Gasteiger partial charge >= 0.3 is 0 Å². The molecule has 1 unspecified atom stereocenters. The monoisotopic (exact) mass is 293 g/mol. The largest absolute Gasteiger partial charge is 0.376 e. The van der Waals surface area contributed by atoms with E-state index in [0.29, 0.717) is 10.7 Å². The predicted octanol–water partition coefficient (Wildman–Crippen LogP) is 5.13. The molecule has 0 spiro atoms. The summed E-state index contributed by atoms with van der Waals surface area (Å²) in [5.74, 6) is 0.743. The highest BCUT2D eigenvalue weighted by atomic mass is 35.5. The summed E-state index contributed by atoms with van der Waals surface area (Å²) in [6.07, 6.45) is 0.990. The molecule has 0 saturated carbocycles. The lowest BCUT2D eigenvalue weighted by molar-refractivity contribution is 0.622. The maximum Gasteiger partial charge on any atom is 0.147 e. The fourth-order valence-electron chi connectivity index (χ4n) is 2.29. The lowest BCUT2D eigenvalue weighted by atomic mass is 10.0. The van der Waals surface area contributed by atoms with Crippen LogP contribution in [-0.4, -0.2) is 5.75 Å². The van der Waals surface area contributed by atoms with Gasteiger partial charge in [-0.3, -0.25) is 0 Å². The summed E-state index contributed by atoms with van der Waals surface area (Å²) in [7, 11) is 0. The molecule has 98 valence electrons. The summed E-state index contributed by atoms with van der Waals surface area (Å²) in [6.45, 7) is 0. The number of fused-ring (bicyclic) bond motifs is 1. The van der Waals surface area contributed by atoms with Crippen LogP contribution in [0, 0.1) is 5.82 Å². The fourth-order valence-corrected chi connectivity index (χ4v) is 3.57. The van der Waals surface area contributed by atoms with Gasteiger partial charge in [0.25, 0.3) is 0 Å². The van der Waals surface area contributed by atoms with Crippen molar-refractivity contribution in [3.8, 4) is 0 Å². The van der Waals surface area contributed by atoms with Crippen LogP contribution in [0.15, 0.2) is 47.4 Å². The topological polar surface area (TPSA) is 12.0 Å². The lowest BCUT2D eigenvalue weighted by Crippen LogP contribution is -2.16. The van der Waals surface area contributed by atoms with E-state index in [-0.39, 0.29) is 11.9 Å². The van der Waals surface area contributed by atoms with Crippen molar-refractivity contribution in [1.82, 2.24) is 0 Å². The van der Waals surface area contributed by atoms with E-state index < -0.39 is 0 Å². The average Bonchev–Trinajstić information content (AvgIpc) is 2.42. The highest BCUT2D eigenvalue weighted by Gasteiger charge is 2.20. The first-order valence-electron chi connectivity index (χ1n) is 6.17. The van der Waals surface area contributed by atoms with Crippen LogP contribution in [0.3, 0.4) is 0 Å². The minimum atomic E-state index is -0.303. The number of benzene rings is 2. The number of halogens is 2. The van der Waals surface area contributed by atoms with Gasteiger partial charge in [-0.2, -0.15) is 0 Å². The zero-order valence-electron chi connectivity index (χ0n) is 10.2. The zero-order chi connectivity index (χ0) is 13.2. The van der Waals surface area contributed by atoms with Crippen molar-refractivity contribution in [2.45, 2.75) is 17.4 Å². The van der Waals surface area contributed by atoms with Crippen molar-refractivity contribution < 1.29 is 4.39 Å². The first-order valence-corrected chi connectivity index (χ1v) is 7.54. The smallest absolute Gasteiger partial charge is 0.147 e. The summed E-state index contributed by atoms with van der Waals surface area (Å²) in [5.41, 5.74) is 1.75. The van der Waals surface area contributed by atoms with Gasteiger partial charge in [-0.15, -0.1) is 11.8 Å². The van der Waals surface area contributed by atoms with Gasteiger partial charge in [-0.1, -0.05) is 29.8 Å². The Bertz CT molecular complexity index is 602. The normalized spacial score (nSPS) is 17.9. The molecule has 0 aliphatic carbocycles. The van der Waals surface area contributed by atoms with Gasteiger partial charge in [0, 0.05) is 15.7 Å². The van der Waals surface area contributed by atoms with E-state index in [2.05, 4.69) is 17.4 Å². The molecule has 0 radical (unpaired) electrons. The standard InChI is InChI=1S/C15H13ClFNS/c16-10-5-6-14(12(17)9-10)18-13-7-8-19-15-4-2-1-3-11(13)15/h1-6,9,13,18H,7-8H2. The van der Waals surface area contributed by atoms with Crippen molar-refractivity contribution in [2.24, 2.45) is 0 Å². The van der Waals surface area contributed by atoms with Gasteiger partial charge < -0.3 is 5.32 Å². The molecule has 1 aliphatic rings. The van der Waals surface area contributed by atoms with Crippen LogP contribution in [0.4, 0.5) is 10.1 Å². The Balaban J connectivity index is 1.88. The quantitative estimate of drug-likeness (QED) is 0.824. The number of rotatable bonds is 2. The van der Waals surface area contributed by atoms with Gasteiger partial charge in [0.15, 0.2) is 0 Å². The van der Waals surface area contributed by atoms with E-state index in [1.165, 1.54) is 16.5 Å². The van der Waals surface area contributed by atoms with Crippen LogP contribution in [-0.2, 0) is 0 Å². The van der Waals surface area contributed by atoms with E-state index in [1.807, 2.05) is 23.9 Å². The van der Waals surface area contributed by atoms with Crippen molar-refractivity contribution in [3.05, 3.63) is 58.9 Å². The summed E-state index contributed by atoms with van der Waals surface area (Å²) >= 11 is 7.62. The maximum atomic E-state index is 13.8. The van der Waals surface area contributed by atoms with Gasteiger partial charge in [-0.05, 0) is 36.2 Å². The Labute approximate surface area is 121 Å². The number of hydrogen-bond donors (Lipinski definition) is 1. The predicted molar refractivity (Wildman–Crippen MR) is 79.6 cm³/mol. The van der Waals surface area contributed by atoms with E-state index in [1.54, 1.807) is 12.1 Å². The van der Waals surface area contributed by atoms with Crippen molar-refractivity contribution in [3.63, 3.8) is 0 Å². The Kier molecular flexibility index (Phi) is 3.67. The summed E-state index contributed by atoms with van der Waals surface area (Å²) in [4.78, 5) is 1.28. The summed E-state index contributed by atoms with van der Waals surface area (Å²) < 4.78 is 13.8. The molecule has 1 N–H and O–H groups in total. The Morgan fingerprint density at radius 2 is 2.05 bits per heavy atom. The molecule has 0 fully saturated rings. The van der Waals surface area contributed by atoms with E-state index in [0.717, 1.165) is 12.2 Å². The van der Waals surface area contributed by atoms with Gasteiger partial charge in [-0.25, -0.2) is 4.39 Å². The molecule has 1 atom stereocenters. The average molecular weight is 294 g/mol. The Hall–Kier alpha value is -1.19. The third kappa shape index (κ3) is 2.72. The number of nitrogens with one attached hydrogen (secondary N) is 1. The van der Waals surface area contributed by atoms with Crippen molar-refractivity contribution >= 4 is 29.1 Å². The molecule has 0 saturated heterocycles. The molecule has 2 aromatic carbocycles. The fraction of sp³-hybridized carbons (Fsp3) is 0.200.